The quantitative estimate of drug-likeness (QED) is 0.460. The van der Waals surface area contributed by atoms with Gasteiger partial charge >= 0.3 is 5.91 Å². The number of hydrogen-bond donors (Lipinski definition) is 0. The summed E-state index contributed by atoms with van der Waals surface area (Å²) in [5.41, 5.74) is 1.70. The van der Waals surface area contributed by atoms with Crippen molar-refractivity contribution in [3.8, 4) is 11.5 Å². The molecule has 4 aromatic rings. The third-order valence-corrected chi connectivity index (χ3v) is 6.24. The normalized spacial score (nSPS) is 11.9. The number of methoxy groups -OCH3 is 2. The van der Waals surface area contributed by atoms with Crippen LogP contribution >= 0.6 is 22.7 Å². The molecule has 0 N–H and O–H groups in total. The Hall–Kier alpha value is -2.97. The summed E-state index contributed by atoms with van der Waals surface area (Å²) < 4.78 is 14.6. The van der Waals surface area contributed by atoms with Crippen molar-refractivity contribution in [3.63, 3.8) is 0 Å². The third-order valence-electron chi connectivity index (χ3n) is 4.17. The number of thiazole rings is 2. The average Bonchev–Trinajstić information content (AvgIpc) is 3.28. The molecular formula is C20H17N3O3S2. The first kappa shape index (κ1) is 18.4. The number of benzene rings is 2. The molecule has 0 aliphatic rings. The van der Waals surface area contributed by atoms with Crippen LogP contribution in [0, 0.1) is 0 Å². The number of hydrogen-bond acceptors (Lipinski definition) is 6. The molecule has 8 heteroatoms. The zero-order chi connectivity index (χ0) is 19.7. The number of amides is 1. The number of rotatable bonds is 5. The van der Waals surface area contributed by atoms with Gasteiger partial charge in [-0.25, -0.2) is 4.98 Å². The predicted molar refractivity (Wildman–Crippen MR) is 113 cm³/mol. The lowest BCUT2D eigenvalue weighted by Gasteiger charge is -2.08. The highest BCUT2D eigenvalue weighted by atomic mass is 32.1. The molecule has 0 aliphatic carbocycles. The van der Waals surface area contributed by atoms with Crippen molar-refractivity contribution in [2.24, 2.45) is 4.99 Å². The van der Waals surface area contributed by atoms with Gasteiger partial charge in [-0.15, -0.1) is 17.9 Å². The maximum absolute atomic E-state index is 12.8. The summed E-state index contributed by atoms with van der Waals surface area (Å²) >= 11 is 2.76. The minimum atomic E-state index is -0.357. The maximum Gasteiger partial charge on any atom is 0.308 e. The Morgan fingerprint density at radius 2 is 1.93 bits per heavy atom. The highest BCUT2D eigenvalue weighted by Gasteiger charge is 2.15. The molecule has 0 unspecified atom stereocenters. The van der Waals surface area contributed by atoms with Crippen LogP contribution in [-0.2, 0) is 6.54 Å². The summed E-state index contributed by atoms with van der Waals surface area (Å²) in [5, 5.41) is 0.374. The van der Waals surface area contributed by atoms with Crippen LogP contribution in [0.2, 0.25) is 0 Å². The van der Waals surface area contributed by atoms with Gasteiger partial charge in [-0.1, -0.05) is 29.5 Å². The van der Waals surface area contributed by atoms with Crippen molar-refractivity contribution in [2.45, 2.75) is 6.54 Å². The Morgan fingerprint density at radius 3 is 2.64 bits per heavy atom. The number of carbonyl (C=O) groups excluding carboxylic acids is 1. The summed E-state index contributed by atoms with van der Waals surface area (Å²) in [6.07, 6.45) is 1.77. The number of aromatic nitrogens is 2. The highest BCUT2D eigenvalue weighted by Crippen LogP contribution is 2.33. The standard InChI is InChI=1S/C20H17N3O3S2/c1-4-9-23-13-10-14(25-2)15(26-3)11-17(13)28-20(23)22-18(24)19-21-12-7-5-6-8-16(12)27-19/h4-8,10-11H,1,9H2,2-3H3. The van der Waals surface area contributed by atoms with E-state index in [0.29, 0.717) is 27.9 Å². The van der Waals surface area contributed by atoms with Crippen molar-refractivity contribution < 1.29 is 14.3 Å². The van der Waals surface area contributed by atoms with E-state index in [1.165, 1.54) is 22.7 Å². The lowest BCUT2D eigenvalue weighted by atomic mass is 10.3. The topological polar surface area (TPSA) is 65.7 Å². The Morgan fingerprint density at radius 1 is 1.18 bits per heavy atom. The Balaban J connectivity index is 1.87. The van der Waals surface area contributed by atoms with E-state index in [1.54, 1.807) is 20.3 Å². The molecule has 4 rings (SSSR count). The van der Waals surface area contributed by atoms with E-state index < -0.39 is 0 Å². The largest absolute Gasteiger partial charge is 0.493 e. The average molecular weight is 412 g/mol. The first-order valence-corrected chi connectivity index (χ1v) is 10.1. The van der Waals surface area contributed by atoms with Gasteiger partial charge in [-0.3, -0.25) is 4.79 Å². The molecule has 0 radical (unpaired) electrons. The second-order valence-electron chi connectivity index (χ2n) is 5.86. The Bertz CT molecular complexity index is 1230. The number of allylic oxidation sites excluding steroid dienone is 1. The highest BCUT2D eigenvalue weighted by molar-refractivity contribution is 7.20. The van der Waals surface area contributed by atoms with Crippen LogP contribution in [0.15, 0.2) is 54.0 Å². The van der Waals surface area contributed by atoms with Gasteiger partial charge in [-0.05, 0) is 12.1 Å². The van der Waals surface area contributed by atoms with Crippen molar-refractivity contribution in [3.05, 3.63) is 58.9 Å². The minimum absolute atomic E-state index is 0.357. The Labute approximate surface area is 169 Å². The molecule has 0 saturated heterocycles. The van der Waals surface area contributed by atoms with Gasteiger partial charge in [0.2, 0.25) is 0 Å². The molecule has 2 heterocycles. The number of fused-ring (bicyclic) bond motifs is 2. The number of ether oxygens (including phenoxy) is 2. The minimum Gasteiger partial charge on any atom is -0.493 e. The second kappa shape index (κ2) is 7.57. The van der Waals surface area contributed by atoms with E-state index in [2.05, 4.69) is 16.6 Å². The van der Waals surface area contributed by atoms with Crippen LogP contribution in [-0.4, -0.2) is 29.7 Å². The predicted octanol–water partition coefficient (Wildman–Crippen LogP) is 4.26. The lowest BCUT2D eigenvalue weighted by molar-refractivity contribution is 0.0997. The molecule has 2 aromatic heterocycles. The van der Waals surface area contributed by atoms with E-state index in [1.807, 2.05) is 41.0 Å². The van der Waals surface area contributed by atoms with E-state index in [9.17, 15) is 4.79 Å². The molecule has 0 saturated carbocycles. The first-order chi connectivity index (χ1) is 13.6. The molecule has 0 aliphatic heterocycles. The van der Waals surface area contributed by atoms with Crippen molar-refractivity contribution in [1.82, 2.24) is 9.55 Å². The van der Waals surface area contributed by atoms with Crippen LogP contribution in [0.3, 0.4) is 0 Å². The first-order valence-electron chi connectivity index (χ1n) is 8.45. The summed E-state index contributed by atoms with van der Waals surface area (Å²) in [5.74, 6) is 0.894. The summed E-state index contributed by atoms with van der Waals surface area (Å²) in [6, 6.07) is 11.4. The third kappa shape index (κ3) is 3.21. The van der Waals surface area contributed by atoms with Gasteiger partial charge < -0.3 is 14.0 Å². The Kier molecular flexibility index (Phi) is 4.97. The molecule has 0 bridgehead atoms. The molecule has 0 atom stereocenters. The fourth-order valence-corrected chi connectivity index (χ4v) is 4.78. The van der Waals surface area contributed by atoms with E-state index in [0.717, 1.165) is 20.4 Å². The van der Waals surface area contributed by atoms with E-state index >= 15 is 0 Å². The van der Waals surface area contributed by atoms with Crippen molar-refractivity contribution in [2.75, 3.05) is 14.2 Å². The van der Waals surface area contributed by atoms with Crippen LogP contribution in [0.4, 0.5) is 0 Å². The summed E-state index contributed by atoms with van der Waals surface area (Å²) in [6.45, 7) is 4.33. The van der Waals surface area contributed by atoms with Crippen LogP contribution in [0.1, 0.15) is 9.80 Å². The fourth-order valence-electron chi connectivity index (χ4n) is 2.89. The smallest absolute Gasteiger partial charge is 0.308 e. The number of nitrogens with zero attached hydrogens (tertiary/aromatic N) is 3. The van der Waals surface area contributed by atoms with Gasteiger partial charge in [0.05, 0.1) is 34.7 Å². The second-order valence-corrected chi connectivity index (χ2v) is 7.90. The number of carbonyl (C=O) groups is 1. The zero-order valence-corrected chi connectivity index (χ0v) is 17.0. The van der Waals surface area contributed by atoms with Gasteiger partial charge in [0.1, 0.15) is 0 Å². The molecule has 142 valence electrons. The molecule has 6 nitrogen and oxygen atoms in total. The molecule has 28 heavy (non-hydrogen) atoms. The molecule has 2 aromatic carbocycles. The van der Waals surface area contributed by atoms with Gasteiger partial charge in [-0.2, -0.15) is 4.99 Å². The van der Waals surface area contributed by atoms with E-state index in [4.69, 9.17) is 9.47 Å². The van der Waals surface area contributed by atoms with Crippen molar-refractivity contribution >= 4 is 49.0 Å². The summed E-state index contributed by atoms with van der Waals surface area (Å²) in [4.78, 5) is 22.1. The fraction of sp³-hybridized carbons (Fsp3) is 0.150. The monoisotopic (exact) mass is 411 g/mol. The molecule has 0 fully saturated rings. The summed E-state index contributed by atoms with van der Waals surface area (Å²) in [7, 11) is 3.19. The van der Waals surface area contributed by atoms with Gasteiger partial charge in [0.25, 0.3) is 0 Å². The molecule has 0 spiro atoms. The van der Waals surface area contributed by atoms with Crippen molar-refractivity contribution in [1.29, 1.82) is 0 Å². The SMILES string of the molecule is C=CCn1c(=NC(=O)c2nc3ccccc3s2)sc2cc(OC)c(OC)cc21. The maximum atomic E-state index is 12.8. The lowest BCUT2D eigenvalue weighted by Crippen LogP contribution is -2.16. The van der Waals surface area contributed by atoms with Gasteiger partial charge in [0.15, 0.2) is 21.3 Å². The van der Waals surface area contributed by atoms with Crippen LogP contribution < -0.4 is 14.3 Å². The van der Waals surface area contributed by atoms with E-state index in [-0.39, 0.29) is 5.91 Å². The molecular weight excluding hydrogens is 394 g/mol. The van der Waals surface area contributed by atoms with Crippen LogP contribution in [0.5, 0.6) is 11.5 Å². The number of para-hydroxylation sites is 1. The molecule has 1 amide bonds. The zero-order valence-electron chi connectivity index (χ0n) is 15.3. The van der Waals surface area contributed by atoms with Gasteiger partial charge in [0, 0.05) is 18.7 Å². The van der Waals surface area contributed by atoms with Crippen LogP contribution in [0.25, 0.3) is 20.4 Å².